The molecule has 0 aliphatic carbocycles. The van der Waals surface area contributed by atoms with Crippen LogP contribution >= 0.6 is 0 Å². The number of amides is 1. The molecule has 0 spiro atoms. The molecule has 2 N–H and O–H groups in total. The first-order chi connectivity index (χ1) is 9.27. The molecule has 106 valence electrons. The highest BCUT2D eigenvalue weighted by Crippen LogP contribution is 2.04. The van der Waals surface area contributed by atoms with Gasteiger partial charge in [-0.05, 0) is 31.9 Å². The van der Waals surface area contributed by atoms with Crippen molar-refractivity contribution in [2.75, 3.05) is 31.6 Å². The number of rotatable bonds is 9. The van der Waals surface area contributed by atoms with Crippen molar-refractivity contribution in [2.45, 2.75) is 26.7 Å². The number of hydrogen-bond acceptors (Lipinski definition) is 4. The summed E-state index contributed by atoms with van der Waals surface area (Å²) in [5, 5.41) is 5.92. The van der Waals surface area contributed by atoms with E-state index in [-0.39, 0.29) is 5.91 Å². The second-order valence-electron chi connectivity index (χ2n) is 4.16. The van der Waals surface area contributed by atoms with E-state index in [0.29, 0.717) is 18.8 Å². The summed E-state index contributed by atoms with van der Waals surface area (Å²) in [5.41, 5.74) is 0.438. The first-order valence-electron chi connectivity index (χ1n) is 6.84. The lowest BCUT2D eigenvalue weighted by Crippen LogP contribution is -2.26. The lowest BCUT2D eigenvalue weighted by Gasteiger charge is -2.07. The summed E-state index contributed by atoms with van der Waals surface area (Å²) >= 11 is 0. The molecular formula is C14H23N3O2. The third-order valence-electron chi connectivity index (χ3n) is 2.44. The van der Waals surface area contributed by atoms with E-state index >= 15 is 0 Å². The summed E-state index contributed by atoms with van der Waals surface area (Å²) in [4.78, 5) is 16.1. The molecule has 0 radical (unpaired) electrons. The number of aromatic nitrogens is 1. The van der Waals surface area contributed by atoms with Gasteiger partial charge in [0.1, 0.15) is 11.5 Å². The molecule has 0 aliphatic rings. The highest BCUT2D eigenvalue weighted by molar-refractivity contribution is 5.92. The Bertz CT molecular complexity index is 383. The highest BCUT2D eigenvalue weighted by Gasteiger charge is 2.06. The van der Waals surface area contributed by atoms with Crippen LogP contribution in [0.5, 0.6) is 0 Å². The maximum absolute atomic E-state index is 11.8. The first-order valence-corrected chi connectivity index (χ1v) is 6.84. The lowest BCUT2D eigenvalue weighted by atomic mass is 10.3. The minimum absolute atomic E-state index is 0.143. The van der Waals surface area contributed by atoms with Gasteiger partial charge in [-0.3, -0.25) is 4.79 Å². The van der Waals surface area contributed by atoms with Crippen molar-refractivity contribution < 1.29 is 9.53 Å². The number of ether oxygens (including phenoxy) is 1. The number of carbonyl (C=O) groups is 1. The van der Waals surface area contributed by atoms with Crippen LogP contribution in [0, 0.1) is 0 Å². The van der Waals surface area contributed by atoms with Gasteiger partial charge in [-0.1, -0.05) is 13.0 Å². The van der Waals surface area contributed by atoms with E-state index in [1.54, 1.807) is 6.07 Å². The van der Waals surface area contributed by atoms with Crippen LogP contribution in [0.1, 0.15) is 37.2 Å². The van der Waals surface area contributed by atoms with Crippen LogP contribution in [0.3, 0.4) is 0 Å². The number of nitrogens with one attached hydrogen (secondary N) is 2. The predicted molar refractivity (Wildman–Crippen MR) is 76.5 cm³/mol. The highest BCUT2D eigenvalue weighted by atomic mass is 16.5. The van der Waals surface area contributed by atoms with Crippen molar-refractivity contribution in [3.63, 3.8) is 0 Å². The Morgan fingerprint density at radius 2 is 2.16 bits per heavy atom. The van der Waals surface area contributed by atoms with Gasteiger partial charge >= 0.3 is 0 Å². The smallest absolute Gasteiger partial charge is 0.269 e. The molecule has 0 bridgehead atoms. The number of nitrogens with zero attached hydrogens (tertiary/aromatic N) is 1. The van der Waals surface area contributed by atoms with Gasteiger partial charge in [-0.15, -0.1) is 0 Å². The summed E-state index contributed by atoms with van der Waals surface area (Å²) in [5.74, 6) is 0.580. The Labute approximate surface area is 114 Å². The van der Waals surface area contributed by atoms with E-state index in [9.17, 15) is 4.79 Å². The molecule has 1 rings (SSSR count). The summed E-state index contributed by atoms with van der Waals surface area (Å²) < 4.78 is 5.34. The molecule has 0 aliphatic heterocycles. The maximum atomic E-state index is 11.8. The fraction of sp³-hybridized carbons (Fsp3) is 0.571. The van der Waals surface area contributed by atoms with Crippen molar-refractivity contribution in [1.82, 2.24) is 10.3 Å². The van der Waals surface area contributed by atoms with Crippen molar-refractivity contribution >= 4 is 11.7 Å². The zero-order chi connectivity index (χ0) is 13.9. The second kappa shape index (κ2) is 9.33. The molecule has 5 nitrogen and oxygen atoms in total. The Hall–Kier alpha value is -1.62. The fourth-order valence-electron chi connectivity index (χ4n) is 1.55. The van der Waals surface area contributed by atoms with Crippen LogP contribution in [0.25, 0.3) is 0 Å². The van der Waals surface area contributed by atoms with Crippen molar-refractivity contribution in [1.29, 1.82) is 0 Å². The van der Waals surface area contributed by atoms with Crippen LogP contribution in [-0.4, -0.2) is 37.2 Å². The molecule has 0 unspecified atom stereocenters. The molecule has 0 saturated carbocycles. The van der Waals surface area contributed by atoms with Crippen molar-refractivity contribution in [2.24, 2.45) is 0 Å². The summed E-state index contributed by atoms with van der Waals surface area (Å²) in [6.45, 7) is 6.91. The molecule has 0 aromatic carbocycles. The molecule has 1 aromatic heterocycles. The minimum Gasteiger partial charge on any atom is -0.381 e. The zero-order valence-electron chi connectivity index (χ0n) is 11.7. The van der Waals surface area contributed by atoms with Gasteiger partial charge in [-0.2, -0.15) is 0 Å². The monoisotopic (exact) mass is 265 g/mol. The van der Waals surface area contributed by atoms with Crippen molar-refractivity contribution in [3.05, 3.63) is 23.9 Å². The van der Waals surface area contributed by atoms with Gasteiger partial charge in [0.05, 0.1) is 0 Å². The molecule has 0 atom stereocenters. The average Bonchev–Trinajstić information content (AvgIpc) is 2.43. The van der Waals surface area contributed by atoms with Crippen LogP contribution in [0.2, 0.25) is 0 Å². The van der Waals surface area contributed by atoms with Crippen LogP contribution in [0.4, 0.5) is 5.82 Å². The van der Waals surface area contributed by atoms with E-state index in [2.05, 4.69) is 22.5 Å². The Morgan fingerprint density at radius 3 is 2.89 bits per heavy atom. The van der Waals surface area contributed by atoms with Crippen LogP contribution in [0.15, 0.2) is 18.2 Å². The van der Waals surface area contributed by atoms with Gasteiger partial charge in [0, 0.05) is 26.3 Å². The fourth-order valence-corrected chi connectivity index (χ4v) is 1.55. The SMILES string of the molecule is CCCOCCCNC(=O)c1cccc(NCC)n1. The van der Waals surface area contributed by atoms with E-state index < -0.39 is 0 Å². The van der Waals surface area contributed by atoms with Gasteiger partial charge < -0.3 is 15.4 Å². The van der Waals surface area contributed by atoms with Crippen molar-refractivity contribution in [3.8, 4) is 0 Å². The molecule has 1 heterocycles. The van der Waals surface area contributed by atoms with Gasteiger partial charge in [0.15, 0.2) is 0 Å². The predicted octanol–water partition coefficient (Wildman–Crippen LogP) is 2.06. The minimum atomic E-state index is -0.143. The average molecular weight is 265 g/mol. The molecule has 1 amide bonds. The summed E-state index contributed by atoms with van der Waals surface area (Å²) in [6, 6.07) is 5.38. The second-order valence-corrected chi connectivity index (χ2v) is 4.16. The molecule has 5 heteroatoms. The normalized spacial score (nSPS) is 10.2. The molecule has 19 heavy (non-hydrogen) atoms. The van der Waals surface area contributed by atoms with E-state index in [1.165, 1.54) is 0 Å². The molecular weight excluding hydrogens is 242 g/mol. The third-order valence-corrected chi connectivity index (χ3v) is 2.44. The number of pyridine rings is 1. The third kappa shape index (κ3) is 6.20. The molecule has 0 saturated heterocycles. The summed E-state index contributed by atoms with van der Waals surface area (Å²) in [7, 11) is 0. The Morgan fingerprint density at radius 1 is 1.32 bits per heavy atom. The molecule has 1 aromatic rings. The Balaban J connectivity index is 2.30. The van der Waals surface area contributed by atoms with Gasteiger partial charge in [0.25, 0.3) is 5.91 Å². The first kappa shape index (κ1) is 15.4. The quantitative estimate of drug-likeness (QED) is 0.671. The molecule has 0 fully saturated rings. The summed E-state index contributed by atoms with van der Waals surface area (Å²) in [6.07, 6.45) is 1.84. The standard InChI is InChI=1S/C14H23N3O2/c1-3-10-19-11-6-9-16-14(18)12-7-5-8-13(17-12)15-4-2/h5,7-8H,3-4,6,9-11H2,1-2H3,(H,15,17)(H,16,18). The lowest BCUT2D eigenvalue weighted by molar-refractivity contribution is 0.0936. The van der Waals surface area contributed by atoms with Crippen LogP contribution < -0.4 is 10.6 Å². The zero-order valence-corrected chi connectivity index (χ0v) is 11.7. The van der Waals surface area contributed by atoms with E-state index in [1.807, 2.05) is 19.1 Å². The van der Waals surface area contributed by atoms with Gasteiger partial charge in [-0.25, -0.2) is 4.98 Å². The maximum Gasteiger partial charge on any atom is 0.269 e. The topological polar surface area (TPSA) is 63.2 Å². The number of hydrogen-bond donors (Lipinski definition) is 2. The van der Waals surface area contributed by atoms with E-state index in [4.69, 9.17) is 4.74 Å². The largest absolute Gasteiger partial charge is 0.381 e. The van der Waals surface area contributed by atoms with Gasteiger partial charge in [0.2, 0.25) is 0 Å². The number of anilines is 1. The van der Waals surface area contributed by atoms with E-state index in [0.717, 1.165) is 31.8 Å². The van der Waals surface area contributed by atoms with Crippen LogP contribution in [-0.2, 0) is 4.74 Å². The number of carbonyl (C=O) groups excluding carboxylic acids is 1. The Kier molecular flexibility index (Phi) is 7.58.